The number of aryl methyl sites for hydroxylation is 1. The zero-order valence-electron chi connectivity index (χ0n) is 9.77. The third-order valence-electron chi connectivity index (χ3n) is 2.64. The lowest BCUT2D eigenvalue weighted by Crippen LogP contribution is -2.04. The Labute approximate surface area is 109 Å². The van der Waals surface area contributed by atoms with E-state index in [1.54, 1.807) is 11.8 Å². The number of rotatable bonds is 3. The molecular weight excluding hydrogens is 282 g/mol. The number of benzene rings is 1. The number of nitrogens with zero attached hydrogens (tertiary/aromatic N) is 2. The molecule has 0 bridgehead atoms. The van der Waals surface area contributed by atoms with E-state index in [2.05, 4.69) is 21.0 Å². The van der Waals surface area contributed by atoms with Crippen LogP contribution in [0.3, 0.4) is 0 Å². The smallest absolute Gasteiger partial charge is 0.119 e. The maximum atomic E-state index is 5.68. The predicted octanol–water partition coefficient (Wildman–Crippen LogP) is 2.32. The average molecular weight is 296 g/mol. The van der Waals surface area contributed by atoms with Crippen LogP contribution in [0.25, 0.3) is 11.3 Å². The van der Waals surface area contributed by atoms with Gasteiger partial charge in [0.15, 0.2) is 0 Å². The molecule has 4 nitrogen and oxygen atoms in total. The molecule has 2 aromatic rings. The largest absolute Gasteiger partial charge is 0.497 e. The quantitative estimate of drug-likeness (QED) is 0.945. The van der Waals surface area contributed by atoms with Crippen molar-refractivity contribution in [2.24, 2.45) is 12.8 Å². The third-order valence-corrected chi connectivity index (χ3v) is 3.47. The molecule has 0 aliphatic heterocycles. The number of nitrogens with two attached hydrogens (primary N) is 1. The Balaban J connectivity index is 2.52. The van der Waals surface area contributed by atoms with Gasteiger partial charge in [0, 0.05) is 19.2 Å². The van der Waals surface area contributed by atoms with E-state index in [1.807, 2.05) is 31.3 Å². The van der Waals surface area contributed by atoms with Crippen molar-refractivity contribution < 1.29 is 4.74 Å². The molecule has 0 aliphatic carbocycles. The normalized spacial score (nSPS) is 10.6. The van der Waals surface area contributed by atoms with Gasteiger partial charge in [-0.3, -0.25) is 4.68 Å². The number of hydrogen-bond donors (Lipinski definition) is 1. The highest BCUT2D eigenvalue weighted by Gasteiger charge is 2.14. The van der Waals surface area contributed by atoms with E-state index in [1.165, 1.54) is 0 Å². The first-order valence-corrected chi connectivity index (χ1v) is 6.02. The van der Waals surface area contributed by atoms with E-state index in [0.717, 1.165) is 27.2 Å². The van der Waals surface area contributed by atoms with Crippen LogP contribution in [0.1, 0.15) is 5.69 Å². The zero-order chi connectivity index (χ0) is 12.4. The second-order valence-corrected chi connectivity index (χ2v) is 4.46. The molecule has 5 heteroatoms. The van der Waals surface area contributed by atoms with Gasteiger partial charge in [0.2, 0.25) is 0 Å². The lowest BCUT2D eigenvalue weighted by molar-refractivity contribution is 0.415. The summed E-state index contributed by atoms with van der Waals surface area (Å²) >= 11 is 3.54. The van der Waals surface area contributed by atoms with Gasteiger partial charge >= 0.3 is 0 Å². The van der Waals surface area contributed by atoms with Crippen molar-refractivity contribution in [3.05, 3.63) is 34.4 Å². The van der Waals surface area contributed by atoms with Crippen molar-refractivity contribution in [1.29, 1.82) is 0 Å². The van der Waals surface area contributed by atoms with Gasteiger partial charge in [0.1, 0.15) is 11.4 Å². The molecule has 2 N–H and O–H groups in total. The first kappa shape index (κ1) is 12.1. The minimum atomic E-state index is 0.452. The number of halogens is 1. The summed E-state index contributed by atoms with van der Waals surface area (Å²) in [6.45, 7) is 0.452. The summed E-state index contributed by atoms with van der Waals surface area (Å²) in [5, 5.41) is 4.46. The van der Waals surface area contributed by atoms with E-state index in [-0.39, 0.29) is 0 Å². The Bertz CT molecular complexity index is 537. The highest BCUT2D eigenvalue weighted by molar-refractivity contribution is 9.10. The lowest BCUT2D eigenvalue weighted by atomic mass is 10.1. The zero-order valence-corrected chi connectivity index (χ0v) is 11.4. The van der Waals surface area contributed by atoms with Crippen LogP contribution in [0.2, 0.25) is 0 Å². The molecule has 0 unspecified atom stereocenters. The van der Waals surface area contributed by atoms with Gasteiger partial charge in [-0.1, -0.05) is 12.1 Å². The van der Waals surface area contributed by atoms with Gasteiger partial charge in [-0.05, 0) is 28.1 Å². The molecule has 90 valence electrons. The fraction of sp³-hybridized carbons (Fsp3) is 0.250. The predicted molar refractivity (Wildman–Crippen MR) is 70.8 cm³/mol. The molecule has 1 aromatic carbocycles. The standard InChI is InChI=1S/C12H14BrN3O/c1-16-10(7-14)11(13)12(15-16)8-4-3-5-9(6-8)17-2/h3-6H,7,14H2,1-2H3. The van der Waals surface area contributed by atoms with E-state index >= 15 is 0 Å². The van der Waals surface area contributed by atoms with Crippen molar-refractivity contribution in [1.82, 2.24) is 9.78 Å². The molecule has 0 aliphatic rings. The van der Waals surface area contributed by atoms with Gasteiger partial charge in [-0.25, -0.2) is 0 Å². The molecule has 17 heavy (non-hydrogen) atoms. The summed E-state index contributed by atoms with van der Waals surface area (Å²) in [6.07, 6.45) is 0. The van der Waals surface area contributed by atoms with Crippen LogP contribution >= 0.6 is 15.9 Å². The first-order valence-electron chi connectivity index (χ1n) is 5.23. The van der Waals surface area contributed by atoms with Crippen LogP contribution in [-0.2, 0) is 13.6 Å². The van der Waals surface area contributed by atoms with Gasteiger partial charge in [0.05, 0.1) is 17.3 Å². The number of aromatic nitrogens is 2. The average Bonchev–Trinajstić information content (AvgIpc) is 2.64. The van der Waals surface area contributed by atoms with Crippen molar-refractivity contribution >= 4 is 15.9 Å². The number of hydrogen-bond acceptors (Lipinski definition) is 3. The first-order chi connectivity index (χ1) is 8.17. The fourth-order valence-corrected chi connectivity index (χ4v) is 2.44. The van der Waals surface area contributed by atoms with Gasteiger partial charge < -0.3 is 10.5 Å². The summed E-state index contributed by atoms with van der Waals surface area (Å²) in [5.74, 6) is 0.814. The molecule has 0 amide bonds. The molecular formula is C12H14BrN3O. The van der Waals surface area contributed by atoms with Crippen molar-refractivity contribution in [2.45, 2.75) is 6.54 Å². The SMILES string of the molecule is COc1cccc(-c2nn(C)c(CN)c2Br)c1. The molecule has 0 radical (unpaired) electrons. The Morgan fingerprint density at radius 1 is 1.47 bits per heavy atom. The second-order valence-electron chi connectivity index (χ2n) is 3.67. The fourth-order valence-electron chi connectivity index (χ4n) is 1.71. The van der Waals surface area contributed by atoms with Crippen LogP contribution < -0.4 is 10.5 Å². The van der Waals surface area contributed by atoms with Crippen molar-refractivity contribution in [3.8, 4) is 17.0 Å². The highest BCUT2D eigenvalue weighted by Crippen LogP contribution is 2.31. The van der Waals surface area contributed by atoms with E-state index in [0.29, 0.717) is 6.54 Å². The molecule has 1 aromatic heterocycles. The van der Waals surface area contributed by atoms with Crippen LogP contribution in [0.5, 0.6) is 5.75 Å². The molecule has 2 rings (SSSR count). The molecule has 0 spiro atoms. The van der Waals surface area contributed by atoms with E-state index in [4.69, 9.17) is 10.5 Å². The summed E-state index contributed by atoms with van der Waals surface area (Å²) in [5.41, 5.74) is 8.55. The monoisotopic (exact) mass is 295 g/mol. The Hall–Kier alpha value is -1.33. The molecule has 0 atom stereocenters. The van der Waals surface area contributed by atoms with Crippen LogP contribution in [-0.4, -0.2) is 16.9 Å². The Kier molecular flexibility index (Phi) is 3.49. The van der Waals surface area contributed by atoms with Gasteiger partial charge in [-0.15, -0.1) is 0 Å². The summed E-state index contributed by atoms with van der Waals surface area (Å²) in [4.78, 5) is 0. The Morgan fingerprint density at radius 2 is 2.24 bits per heavy atom. The second kappa shape index (κ2) is 4.89. The minimum absolute atomic E-state index is 0.452. The van der Waals surface area contributed by atoms with E-state index in [9.17, 15) is 0 Å². The third kappa shape index (κ3) is 2.21. The summed E-state index contributed by atoms with van der Waals surface area (Å²) in [7, 11) is 3.54. The molecule has 0 saturated heterocycles. The molecule has 1 heterocycles. The van der Waals surface area contributed by atoms with Gasteiger partial charge in [-0.2, -0.15) is 5.10 Å². The number of ether oxygens (including phenoxy) is 1. The summed E-state index contributed by atoms with van der Waals surface area (Å²) < 4.78 is 7.94. The number of methoxy groups -OCH3 is 1. The van der Waals surface area contributed by atoms with Crippen LogP contribution in [0.4, 0.5) is 0 Å². The maximum absolute atomic E-state index is 5.68. The molecule has 0 fully saturated rings. The van der Waals surface area contributed by atoms with Crippen molar-refractivity contribution in [3.63, 3.8) is 0 Å². The molecule has 0 saturated carbocycles. The topological polar surface area (TPSA) is 53.1 Å². The van der Waals surface area contributed by atoms with E-state index < -0.39 is 0 Å². The minimum Gasteiger partial charge on any atom is -0.497 e. The Morgan fingerprint density at radius 3 is 2.82 bits per heavy atom. The van der Waals surface area contributed by atoms with Crippen LogP contribution in [0.15, 0.2) is 28.7 Å². The van der Waals surface area contributed by atoms with Crippen LogP contribution in [0, 0.1) is 0 Å². The van der Waals surface area contributed by atoms with Crippen molar-refractivity contribution in [2.75, 3.05) is 7.11 Å². The van der Waals surface area contributed by atoms with Gasteiger partial charge in [0.25, 0.3) is 0 Å². The lowest BCUT2D eigenvalue weighted by Gasteiger charge is -2.02. The maximum Gasteiger partial charge on any atom is 0.119 e. The highest BCUT2D eigenvalue weighted by atomic mass is 79.9. The summed E-state index contributed by atoms with van der Waals surface area (Å²) in [6, 6.07) is 7.80.